The highest BCUT2D eigenvalue weighted by Gasteiger charge is 2.37. The Hall–Kier alpha value is -1.06. The van der Waals surface area contributed by atoms with Crippen LogP contribution in [-0.4, -0.2) is 44.2 Å². The third-order valence-corrected chi connectivity index (χ3v) is 4.74. The highest BCUT2D eigenvalue weighted by molar-refractivity contribution is 5.39. The van der Waals surface area contributed by atoms with Gasteiger partial charge in [0.15, 0.2) is 0 Å². The van der Waals surface area contributed by atoms with E-state index in [1.807, 2.05) is 0 Å². The molecule has 96 valence electrons. The molecule has 1 unspecified atom stereocenters. The molecule has 0 radical (unpaired) electrons. The van der Waals surface area contributed by atoms with Crippen LogP contribution in [-0.2, 0) is 0 Å². The van der Waals surface area contributed by atoms with E-state index in [0.717, 1.165) is 24.2 Å². The van der Waals surface area contributed by atoms with Crippen molar-refractivity contribution in [3.8, 4) is 5.75 Å². The van der Waals surface area contributed by atoms with Gasteiger partial charge >= 0.3 is 0 Å². The number of nitrogens with zero attached hydrogens (tertiary/aromatic N) is 1. The molecule has 18 heavy (non-hydrogen) atoms. The van der Waals surface area contributed by atoms with Gasteiger partial charge in [0.05, 0.1) is 6.61 Å². The van der Waals surface area contributed by atoms with Gasteiger partial charge in [0, 0.05) is 31.1 Å². The van der Waals surface area contributed by atoms with Crippen molar-refractivity contribution >= 4 is 0 Å². The lowest BCUT2D eigenvalue weighted by Crippen LogP contribution is -2.30. The van der Waals surface area contributed by atoms with Crippen molar-refractivity contribution in [2.24, 2.45) is 11.8 Å². The molecular weight excluding hydrogens is 224 g/mol. The fourth-order valence-electron chi connectivity index (χ4n) is 3.79. The SMILES string of the molecule is c1ccc2c(c1)OCC2CN1C[C@H]2CNC[C@H]2C1. The van der Waals surface area contributed by atoms with Gasteiger partial charge in [0.25, 0.3) is 0 Å². The van der Waals surface area contributed by atoms with E-state index in [0.29, 0.717) is 5.92 Å². The minimum atomic E-state index is 0.577. The van der Waals surface area contributed by atoms with Gasteiger partial charge in [0.2, 0.25) is 0 Å². The summed E-state index contributed by atoms with van der Waals surface area (Å²) in [6.07, 6.45) is 0. The van der Waals surface area contributed by atoms with E-state index >= 15 is 0 Å². The van der Waals surface area contributed by atoms with Crippen molar-refractivity contribution in [1.29, 1.82) is 0 Å². The topological polar surface area (TPSA) is 24.5 Å². The first-order valence-electron chi connectivity index (χ1n) is 7.05. The lowest BCUT2D eigenvalue weighted by atomic mass is 10.0. The molecule has 4 rings (SSSR count). The first kappa shape index (κ1) is 10.8. The summed E-state index contributed by atoms with van der Waals surface area (Å²) in [7, 11) is 0. The zero-order chi connectivity index (χ0) is 11.9. The molecule has 3 heterocycles. The molecule has 0 saturated carbocycles. The van der Waals surface area contributed by atoms with E-state index in [1.165, 1.54) is 38.3 Å². The number of para-hydroxylation sites is 1. The van der Waals surface area contributed by atoms with E-state index in [1.54, 1.807) is 0 Å². The molecule has 1 aromatic rings. The van der Waals surface area contributed by atoms with Gasteiger partial charge in [-0.2, -0.15) is 0 Å². The van der Waals surface area contributed by atoms with Crippen LogP contribution in [0, 0.1) is 11.8 Å². The Morgan fingerprint density at radius 3 is 2.78 bits per heavy atom. The van der Waals surface area contributed by atoms with Crippen LogP contribution >= 0.6 is 0 Å². The van der Waals surface area contributed by atoms with E-state index in [4.69, 9.17) is 4.74 Å². The Bertz CT molecular complexity index is 436. The maximum absolute atomic E-state index is 5.78. The van der Waals surface area contributed by atoms with E-state index < -0.39 is 0 Å². The normalized spacial score (nSPS) is 34.3. The zero-order valence-electron chi connectivity index (χ0n) is 10.6. The number of nitrogens with one attached hydrogen (secondary N) is 1. The number of ether oxygens (including phenoxy) is 1. The van der Waals surface area contributed by atoms with Crippen LogP contribution < -0.4 is 10.1 Å². The molecular formula is C15H20N2O. The summed E-state index contributed by atoms with van der Waals surface area (Å²) >= 11 is 0. The van der Waals surface area contributed by atoms with Crippen LogP contribution in [0.5, 0.6) is 5.75 Å². The number of rotatable bonds is 2. The molecule has 1 aromatic carbocycles. The average Bonchev–Trinajstić information content (AvgIpc) is 3.04. The van der Waals surface area contributed by atoms with E-state index in [2.05, 4.69) is 34.5 Å². The maximum Gasteiger partial charge on any atom is 0.122 e. The Kier molecular flexibility index (Phi) is 2.55. The predicted molar refractivity (Wildman–Crippen MR) is 71.0 cm³/mol. The fraction of sp³-hybridized carbons (Fsp3) is 0.600. The lowest BCUT2D eigenvalue weighted by Gasteiger charge is -2.20. The predicted octanol–water partition coefficient (Wildman–Crippen LogP) is 1.31. The number of hydrogen-bond acceptors (Lipinski definition) is 3. The van der Waals surface area contributed by atoms with Gasteiger partial charge in [-0.3, -0.25) is 0 Å². The van der Waals surface area contributed by atoms with Crippen LogP contribution in [0.1, 0.15) is 11.5 Å². The summed E-state index contributed by atoms with van der Waals surface area (Å²) in [5.74, 6) is 3.46. The molecule has 3 aliphatic heterocycles. The minimum Gasteiger partial charge on any atom is -0.493 e. The first-order chi connectivity index (χ1) is 8.90. The minimum absolute atomic E-state index is 0.577. The number of hydrogen-bond donors (Lipinski definition) is 1. The molecule has 0 amide bonds. The molecule has 0 bridgehead atoms. The highest BCUT2D eigenvalue weighted by atomic mass is 16.5. The Morgan fingerprint density at radius 2 is 1.94 bits per heavy atom. The summed E-state index contributed by atoms with van der Waals surface area (Å²) in [6.45, 7) is 7.03. The van der Waals surface area contributed by atoms with Crippen LogP contribution in [0.2, 0.25) is 0 Å². The van der Waals surface area contributed by atoms with Crippen LogP contribution in [0.25, 0.3) is 0 Å². The van der Waals surface area contributed by atoms with Gasteiger partial charge in [-0.15, -0.1) is 0 Å². The fourth-order valence-corrected chi connectivity index (χ4v) is 3.79. The van der Waals surface area contributed by atoms with Crippen molar-refractivity contribution in [1.82, 2.24) is 10.2 Å². The van der Waals surface area contributed by atoms with Gasteiger partial charge in [-0.05, 0) is 31.0 Å². The first-order valence-corrected chi connectivity index (χ1v) is 7.05. The Morgan fingerprint density at radius 1 is 1.17 bits per heavy atom. The van der Waals surface area contributed by atoms with Crippen molar-refractivity contribution < 1.29 is 4.74 Å². The molecule has 0 aliphatic carbocycles. The maximum atomic E-state index is 5.78. The van der Waals surface area contributed by atoms with Crippen molar-refractivity contribution in [2.45, 2.75) is 5.92 Å². The summed E-state index contributed by atoms with van der Waals surface area (Å²) in [5, 5.41) is 3.50. The summed E-state index contributed by atoms with van der Waals surface area (Å²) in [5.41, 5.74) is 1.41. The summed E-state index contributed by atoms with van der Waals surface area (Å²) in [6, 6.07) is 8.51. The molecule has 3 heteroatoms. The van der Waals surface area contributed by atoms with Crippen molar-refractivity contribution in [2.75, 3.05) is 39.3 Å². The summed E-state index contributed by atoms with van der Waals surface area (Å²) < 4.78 is 5.78. The molecule has 0 spiro atoms. The second-order valence-corrected chi connectivity index (χ2v) is 5.94. The van der Waals surface area contributed by atoms with Crippen molar-refractivity contribution in [3.63, 3.8) is 0 Å². The van der Waals surface area contributed by atoms with E-state index in [-0.39, 0.29) is 0 Å². The lowest BCUT2D eigenvalue weighted by molar-refractivity contribution is 0.256. The number of benzene rings is 1. The Balaban J connectivity index is 1.45. The third kappa shape index (κ3) is 1.73. The molecule has 3 atom stereocenters. The molecule has 2 saturated heterocycles. The van der Waals surface area contributed by atoms with Gasteiger partial charge < -0.3 is 15.0 Å². The smallest absolute Gasteiger partial charge is 0.122 e. The van der Waals surface area contributed by atoms with Gasteiger partial charge in [-0.1, -0.05) is 18.2 Å². The second-order valence-electron chi connectivity index (χ2n) is 5.94. The van der Waals surface area contributed by atoms with Crippen molar-refractivity contribution in [3.05, 3.63) is 29.8 Å². The molecule has 1 N–H and O–H groups in total. The largest absolute Gasteiger partial charge is 0.493 e. The molecule has 0 aromatic heterocycles. The number of fused-ring (bicyclic) bond motifs is 2. The van der Waals surface area contributed by atoms with Crippen LogP contribution in [0.3, 0.4) is 0 Å². The molecule has 3 aliphatic rings. The van der Waals surface area contributed by atoms with Crippen LogP contribution in [0.15, 0.2) is 24.3 Å². The Labute approximate surface area is 108 Å². The van der Waals surface area contributed by atoms with E-state index in [9.17, 15) is 0 Å². The highest BCUT2D eigenvalue weighted by Crippen LogP contribution is 2.35. The standard InChI is InChI=1S/C15H20N2O/c1-2-4-15-14(3-1)13(10-18-15)9-17-7-11-5-16-6-12(11)8-17/h1-4,11-13,16H,5-10H2/t11-,12+,13?. The average molecular weight is 244 g/mol. The quantitative estimate of drug-likeness (QED) is 0.849. The van der Waals surface area contributed by atoms with Crippen LogP contribution in [0.4, 0.5) is 0 Å². The molecule has 3 nitrogen and oxygen atoms in total. The zero-order valence-corrected chi connectivity index (χ0v) is 10.6. The van der Waals surface area contributed by atoms with Gasteiger partial charge in [-0.25, -0.2) is 0 Å². The third-order valence-electron chi connectivity index (χ3n) is 4.74. The monoisotopic (exact) mass is 244 g/mol. The number of likely N-dealkylation sites (tertiary alicyclic amines) is 1. The summed E-state index contributed by atoms with van der Waals surface area (Å²) in [4.78, 5) is 2.65. The van der Waals surface area contributed by atoms with Gasteiger partial charge in [0.1, 0.15) is 5.75 Å². The molecule has 2 fully saturated rings. The second kappa shape index (κ2) is 4.25.